The third kappa shape index (κ3) is 11.6. The van der Waals surface area contributed by atoms with E-state index in [0.717, 1.165) is 47.2 Å². The van der Waals surface area contributed by atoms with Crippen LogP contribution in [0.15, 0.2) is 12.1 Å². The minimum Gasteiger partial charge on any atom is -0.496 e. The largest absolute Gasteiger partial charge is 0.496 e. The zero-order valence-electron chi connectivity index (χ0n) is 19.3. The predicted molar refractivity (Wildman–Crippen MR) is 125 cm³/mol. The number of carbonyl (C=O) groups excluding carboxylic acids is 1. The lowest BCUT2D eigenvalue weighted by Gasteiger charge is -2.14. The molecule has 0 unspecified atom stereocenters. The maximum atomic E-state index is 10.7. The van der Waals surface area contributed by atoms with Crippen molar-refractivity contribution in [3.63, 3.8) is 0 Å². The summed E-state index contributed by atoms with van der Waals surface area (Å²) in [6.45, 7) is 2.04. The maximum absolute atomic E-state index is 10.7. The molecule has 0 aliphatic rings. The number of methoxy groups -OCH3 is 3. The quantitative estimate of drug-likeness (QED) is 0.194. The molecule has 172 valence electrons. The molecule has 0 bridgehead atoms. The first-order chi connectivity index (χ1) is 14.6. The van der Waals surface area contributed by atoms with Crippen LogP contribution >= 0.6 is 11.8 Å². The van der Waals surface area contributed by atoms with Crippen molar-refractivity contribution in [1.29, 1.82) is 0 Å². The fourth-order valence-corrected chi connectivity index (χ4v) is 4.37. The molecule has 0 aromatic heterocycles. The van der Waals surface area contributed by atoms with Crippen LogP contribution in [0.5, 0.6) is 17.2 Å². The van der Waals surface area contributed by atoms with Gasteiger partial charge in [0.2, 0.25) is 0 Å². The lowest BCUT2D eigenvalue weighted by atomic mass is 10.1. The molecule has 0 amide bonds. The van der Waals surface area contributed by atoms with Crippen LogP contribution in [0, 0.1) is 0 Å². The van der Waals surface area contributed by atoms with Gasteiger partial charge in [-0.3, -0.25) is 4.79 Å². The Morgan fingerprint density at radius 3 is 1.73 bits per heavy atom. The van der Waals surface area contributed by atoms with Crippen LogP contribution < -0.4 is 14.2 Å². The van der Waals surface area contributed by atoms with Gasteiger partial charge in [0.15, 0.2) is 0 Å². The van der Waals surface area contributed by atoms with Crippen LogP contribution in [0.2, 0.25) is 0 Å². The third-order valence-corrected chi connectivity index (χ3v) is 6.12. The fourth-order valence-electron chi connectivity index (χ4n) is 3.33. The summed E-state index contributed by atoms with van der Waals surface area (Å²) in [4.78, 5) is 10.7. The van der Waals surface area contributed by atoms with E-state index in [4.69, 9.17) is 18.9 Å². The van der Waals surface area contributed by atoms with Gasteiger partial charge in [0, 0.05) is 30.4 Å². The van der Waals surface area contributed by atoms with Gasteiger partial charge < -0.3 is 18.9 Å². The zero-order chi connectivity index (χ0) is 22.0. The first-order valence-corrected chi connectivity index (χ1v) is 12.3. The normalized spacial score (nSPS) is 10.7. The summed E-state index contributed by atoms with van der Waals surface area (Å²) in [5, 5.41) is 0. The lowest BCUT2D eigenvalue weighted by molar-refractivity contribution is -0.141. The summed E-state index contributed by atoms with van der Waals surface area (Å²) in [6, 6.07) is 3.83. The predicted octanol–water partition coefficient (Wildman–Crippen LogP) is 6.41. The Balaban J connectivity index is 2.03. The lowest BCUT2D eigenvalue weighted by Crippen LogP contribution is -2.00. The number of esters is 1. The van der Waals surface area contributed by atoms with Crippen molar-refractivity contribution in [1.82, 2.24) is 0 Å². The molecule has 0 N–H and O–H groups in total. The summed E-state index contributed by atoms with van der Waals surface area (Å²) >= 11 is 1.93. The van der Waals surface area contributed by atoms with E-state index in [-0.39, 0.29) is 5.97 Å². The minimum atomic E-state index is -0.173. The van der Waals surface area contributed by atoms with Crippen molar-refractivity contribution in [3.05, 3.63) is 17.7 Å². The summed E-state index contributed by atoms with van der Waals surface area (Å²) in [5.74, 6) is 4.26. The van der Waals surface area contributed by atoms with Gasteiger partial charge in [0.05, 0.1) is 27.9 Å². The van der Waals surface area contributed by atoms with Gasteiger partial charge in [-0.25, -0.2) is 0 Å². The maximum Gasteiger partial charge on any atom is 0.302 e. The van der Waals surface area contributed by atoms with Crippen LogP contribution in [0.4, 0.5) is 0 Å². The number of unbranched alkanes of at least 4 members (excludes halogenated alkanes) is 9. The zero-order valence-corrected chi connectivity index (χ0v) is 20.1. The molecule has 0 aliphatic heterocycles. The molecular weight excluding hydrogens is 400 g/mol. The van der Waals surface area contributed by atoms with E-state index >= 15 is 0 Å². The number of carbonyl (C=O) groups is 1. The van der Waals surface area contributed by atoms with Gasteiger partial charge in [-0.2, -0.15) is 11.8 Å². The van der Waals surface area contributed by atoms with Crippen molar-refractivity contribution >= 4 is 17.7 Å². The number of ether oxygens (including phenoxy) is 4. The van der Waals surface area contributed by atoms with E-state index in [9.17, 15) is 4.79 Å². The van der Waals surface area contributed by atoms with Crippen molar-refractivity contribution in [2.24, 2.45) is 0 Å². The smallest absolute Gasteiger partial charge is 0.302 e. The van der Waals surface area contributed by atoms with Gasteiger partial charge >= 0.3 is 5.97 Å². The van der Waals surface area contributed by atoms with Crippen molar-refractivity contribution < 1.29 is 23.7 Å². The van der Waals surface area contributed by atoms with Gasteiger partial charge in [-0.05, 0) is 18.6 Å². The van der Waals surface area contributed by atoms with E-state index in [2.05, 4.69) is 0 Å². The Bertz CT molecular complexity index is 566. The molecule has 0 aliphatic carbocycles. The van der Waals surface area contributed by atoms with Gasteiger partial charge in [-0.15, -0.1) is 0 Å². The molecule has 0 saturated heterocycles. The Kier molecular flexibility index (Phi) is 15.1. The molecule has 5 nitrogen and oxygen atoms in total. The highest BCUT2D eigenvalue weighted by Gasteiger charge is 2.13. The first-order valence-electron chi connectivity index (χ1n) is 11.1. The van der Waals surface area contributed by atoms with E-state index in [1.807, 2.05) is 23.9 Å². The summed E-state index contributed by atoms with van der Waals surface area (Å²) in [6.07, 6.45) is 12.5. The van der Waals surface area contributed by atoms with E-state index < -0.39 is 0 Å². The third-order valence-electron chi connectivity index (χ3n) is 5.05. The Morgan fingerprint density at radius 1 is 0.767 bits per heavy atom. The SMILES string of the molecule is COc1cc(OC)c(CSCCCCCCCCCCCCOC(C)=O)c(OC)c1. The molecular formula is C24H40O5S. The average Bonchev–Trinajstić information content (AvgIpc) is 2.75. The highest BCUT2D eigenvalue weighted by atomic mass is 32.2. The van der Waals surface area contributed by atoms with Crippen LogP contribution in [0.1, 0.15) is 76.7 Å². The number of benzene rings is 1. The Morgan fingerprint density at radius 2 is 1.27 bits per heavy atom. The summed E-state index contributed by atoms with van der Waals surface area (Å²) < 4.78 is 21.3. The van der Waals surface area contributed by atoms with Gasteiger partial charge in [0.1, 0.15) is 17.2 Å². The van der Waals surface area contributed by atoms with E-state index in [1.54, 1.807) is 21.3 Å². The van der Waals surface area contributed by atoms with Crippen molar-refractivity contribution in [2.75, 3.05) is 33.7 Å². The second kappa shape index (κ2) is 17.2. The average molecular weight is 441 g/mol. The molecule has 30 heavy (non-hydrogen) atoms. The Hall–Kier alpha value is -1.56. The number of rotatable bonds is 18. The molecule has 6 heteroatoms. The van der Waals surface area contributed by atoms with Crippen LogP contribution in [-0.4, -0.2) is 39.7 Å². The monoisotopic (exact) mass is 440 g/mol. The van der Waals surface area contributed by atoms with E-state index in [1.165, 1.54) is 58.3 Å². The van der Waals surface area contributed by atoms with Gasteiger partial charge in [0.25, 0.3) is 0 Å². The second-order valence-corrected chi connectivity index (χ2v) is 8.54. The molecule has 0 fully saturated rings. The molecule has 1 aromatic rings. The molecule has 0 spiro atoms. The molecule has 0 heterocycles. The number of thioether (sulfide) groups is 1. The second-order valence-electron chi connectivity index (χ2n) is 7.44. The number of hydrogen-bond acceptors (Lipinski definition) is 6. The number of hydrogen-bond donors (Lipinski definition) is 0. The van der Waals surface area contributed by atoms with Crippen molar-refractivity contribution in [2.45, 2.75) is 76.9 Å². The summed E-state index contributed by atoms with van der Waals surface area (Å²) in [7, 11) is 5.02. The standard InChI is InChI=1S/C24H40O5S/c1-20(25)29-15-13-11-9-7-5-6-8-10-12-14-16-30-19-22-23(27-3)17-21(26-2)18-24(22)28-4/h17-18H,5-16,19H2,1-4H3. The Labute approximate surface area is 187 Å². The highest BCUT2D eigenvalue weighted by molar-refractivity contribution is 7.98. The van der Waals surface area contributed by atoms with Crippen LogP contribution in [0.25, 0.3) is 0 Å². The molecule has 0 atom stereocenters. The topological polar surface area (TPSA) is 54.0 Å². The summed E-state index contributed by atoms with van der Waals surface area (Å²) in [5.41, 5.74) is 1.10. The molecule has 1 rings (SSSR count). The van der Waals surface area contributed by atoms with Crippen LogP contribution in [-0.2, 0) is 15.3 Å². The van der Waals surface area contributed by atoms with E-state index in [0.29, 0.717) is 6.61 Å². The highest BCUT2D eigenvalue weighted by Crippen LogP contribution is 2.36. The van der Waals surface area contributed by atoms with Crippen molar-refractivity contribution in [3.8, 4) is 17.2 Å². The first kappa shape index (κ1) is 26.5. The fraction of sp³-hybridized carbons (Fsp3) is 0.708. The minimum absolute atomic E-state index is 0.173. The van der Waals surface area contributed by atoms with Gasteiger partial charge in [-0.1, -0.05) is 51.4 Å². The molecule has 0 radical (unpaired) electrons. The molecule has 0 saturated carbocycles. The molecule has 1 aromatic carbocycles. The van der Waals surface area contributed by atoms with Crippen LogP contribution in [0.3, 0.4) is 0 Å².